The molecule has 1 saturated heterocycles. The summed E-state index contributed by atoms with van der Waals surface area (Å²) in [4.78, 5) is 24.0. The van der Waals surface area contributed by atoms with Gasteiger partial charge in [0.1, 0.15) is 11.6 Å². The molecule has 3 heterocycles. The van der Waals surface area contributed by atoms with E-state index in [-0.39, 0.29) is 17.6 Å². The molecule has 6 heteroatoms. The summed E-state index contributed by atoms with van der Waals surface area (Å²) in [6, 6.07) is 20.2. The van der Waals surface area contributed by atoms with Gasteiger partial charge in [-0.15, -0.1) is 0 Å². The smallest absolute Gasteiger partial charge is 0.253 e. The number of carbonyl (C=O) groups excluding carboxylic acids is 1. The van der Waals surface area contributed by atoms with Crippen molar-refractivity contribution < 1.29 is 13.6 Å². The molecule has 1 atom stereocenters. The third kappa shape index (κ3) is 5.22. The van der Waals surface area contributed by atoms with Crippen LogP contribution >= 0.6 is 0 Å². The molecule has 2 aromatic carbocycles. The minimum Gasteiger partial charge on any atom is -0.445 e. The van der Waals surface area contributed by atoms with Gasteiger partial charge < -0.3 is 9.32 Å². The summed E-state index contributed by atoms with van der Waals surface area (Å²) in [6.45, 7) is 1.28. The van der Waals surface area contributed by atoms with Crippen LogP contribution in [0.1, 0.15) is 57.6 Å². The van der Waals surface area contributed by atoms with E-state index in [4.69, 9.17) is 4.42 Å². The molecule has 0 unspecified atom stereocenters. The molecule has 0 aliphatic carbocycles. The first kappa shape index (κ1) is 22.0. The van der Waals surface area contributed by atoms with E-state index in [0.29, 0.717) is 37.4 Å². The monoisotopic (exact) mass is 455 g/mol. The lowest BCUT2D eigenvalue weighted by molar-refractivity contribution is 0.0697. The number of pyridine rings is 1. The highest BCUT2D eigenvalue weighted by Crippen LogP contribution is 2.28. The largest absolute Gasteiger partial charge is 0.445 e. The van der Waals surface area contributed by atoms with Crippen LogP contribution in [0.25, 0.3) is 0 Å². The summed E-state index contributed by atoms with van der Waals surface area (Å²) in [5.41, 5.74) is 3.34. The number of oxazole rings is 1. The Morgan fingerprint density at radius 1 is 1.00 bits per heavy atom. The summed E-state index contributed by atoms with van der Waals surface area (Å²) >= 11 is 0. The van der Waals surface area contributed by atoms with E-state index < -0.39 is 0 Å². The van der Waals surface area contributed by atoms with Gasteiger partial charge in [0.15, 0.2) is 5.89 Å². The molecular formula is C28H26FN3O2. The molecule has 1 fully saturated rings. The van der Waals surface area contributed by atoms with E-state index in [0.717, 1.165) is 29.9 Å². The van der Waals surface area contributed by atoms with Crippen molar-refractivity contribution in [1.29, 1.82) is 0 Å². The van der Waals surface area contributed by atoms with Crippen molar-refractivity contribution >= 4 is 5.91 Å². The zero-order valence-corrected chi connectivity index (χ0v) is 18.9. The first-order valence-corrected chi connectivity index (χ1v) is 11.6. The standard InChI is InChI=1S/C28H26FN3O2/c29-24-10-4-8-21(14-24)15-25-17-22(11-12-30-25)28(33)32-13-5-9-23(19-32)27-31-18-26(34-27)16-20-6-2-1-3-7-20/h1-4,6-8,10-12,14,17-18,23H,5,9,13,15-16,19H2/t23-/m1/s1. The van der Waals surface area contributed by atoms with Crippen LogP contribution in [0.4, 0.5) is 4.39 Å². The normalized spacial score (nSPS) is 15.9. The van der Waals surface area contributed by atoms with Crippen LogP contribution in [-0.2, 0) is 12.8 Å². The molecule has 1 amide bonds. The van der Waals surface area contributed by atoms with Gasteiger partial charge in [-0.05, 0) is 48.2 Å². The van der Waals surface area contributed by atoms with Crippen LogP contribution in [0.2, 0.25) is 0 Å². The van der Waals surface area contributed by atoms with Gasteiger partial charge in [0.2, 0.25) is 0 Å². The average molecular weight is 456 g/mol. The number of nitrogens with zero attached hydrogens (tertiary/aromatic N) is 3. The molecule has 34 heavy (non-hydrogen) atoms. The van der Waals surface area contributed by atoms with Crippen LogP contribution in [0.3, 0.4) is 0 Å². The molecule has 4 aromatic rings. The molecule has 0 bridgehead atoms. The Kier molecular flexibility index (Phi) is 6.47. The molecule has 1 aliphatic heterocycles. The van der Waals surface area contributed by atoms with Gasteiger partial charge in [-0.2, -0.15) is 0 Å². The summed E-state index contributed by atoms with van der Waals surface area (Å²) in [5.74, 6) is 1.31. The number of carbonyl (C=O) groups is 1. The fourth-order valence-electron chi connectivity index (χ4n) is 4.50. The fraction of sp³-hybridized carbons (Fsp3) is 0.250. The van der Waals surface area contributed by atoms with E-state index in [1.165, 1.54) is 17.7 Å². The highest BCUT2D eigenvalue weighted by atomic mass is 19.1. The molecule has 0 saturated carbocycles. The van der Waals surface area contributed by atoms with Crippen molar-refractivity contribution in [2.45, 2.75) is 31.6 Å². The van der Waals surface area contributed by atoms with Gasteiger partial charge in [0, 0.05) is 43.4 Å². The number of aromatic nitrogens is 2. The van der Waals surface area contributed by atoms with Crippen LogP contribution in [0, 0.1) is 5.82 Å². The topological polar surface area (TPSA) is 59.2 Å². The molecule has 172 valence electrons. The fourth-order valence-corrected chi connectivity index (χ4v) is 4.50. The average Bonchev–Trinajstić information content (AvgIpc) is 3.33. The van der Waals surface area contributed by atoms with Crippen molar-refractivity contribution in [3.05, 3.63) is 119 Å². The summed E-state index contributed by atoms with van der Waals surface area (Å²) in [5, 5.41) is 0. The van der Waals surface area contributed by atoms with Crippen molar-refractivity contribution in [3.63, 3.8) is 0 Å². The van der Waals surface area contributed by atoms with Gasteiger partial charge >= 0.3 is 0 Å². The maximum absolute atomic E-state index is 13.5. The number of likely N-dealkylation sites (tertiary alicyclic amines) is 1. The van der Waals surface area contributed by atoms with Crippen molar-refractivity contribution in [2.24, 2.45) is 0 Å². The lowest BCUT2D eigenvalue weighted by Crippen LogP contribution is -2.39. The third-order valence-electron chi connectivity index (χ3n) is 6.19. The second-order valence-corrected chi connectivity index (χ2v) is 8.76. The SMILES string of the molecule is O=C(c1ccnc(Cc2cccc(F)c2)c1)N1CCC[C@@H](c2ncc(Cc3ccccc3)o2)C1. The lowest BCUT2D eigenvalue weighted by Gasteiger charge is -2.31. The van der Waals surface area contributed by atoms with E-state index in [9.17, 15) is 9.18 Å². The third-order valence-corrected chi connectivity index (χ3v) is 6.19. The number of piperidine rings is 1. The van der Waals surface area contributed by atoms with Gasteiger partial charge in [-0.25, -0.2) is 9.37 Å². The van der Waals surface area contributed by atoms with Crippen molar-refractivity contribution in [2.75, 3.05) is 13.1 Å². The van der Waals surface area contributed by atoms with Gasteiger partial charge in [0.25, 0.3) is 5.91 Å². The first-order valence-electron chi connectivity index (χ1n) is 11.6. The predicted octanol–water partition coefficient (Wildman–Crippen LogP) is 5.41. The van der Waals surface area contributed by atoms with Crippen LogP contribution < -0.4 is 0 Å². The summed E-state index contributed by atoms with van der Waals surface area (Å²) < 4.78 is 19.6. The lowest BCUT2D eigenvalue weighted by atomic mass is 9.97. The Balaban J connectivity index is 1.25. The molecule has 2 aromatic heterocycles. The number of hydrogen-bond acceptors (Lipinski definition) is 4. The zero-order chi connectivity index (χ0) is 23.3. The number of hydrogen-bond donors (Lipinski definition) is 0. The van der Waals surface area contributed by atoms with Crippen molar-refractivity contribution in [3.8, 4) is 0 Å². The minimum atomic E-state index is -0.275. The van der Waals surface area contributed by atoms with Crippen molar-refractivity contribution in [1.82, 2.24) is 14.9 Å². The number of amides is 1. The Morgan fingerprint density at radius 3 is 2.71 bits per heavy atom. The molecule has 0 spiro atoms. The van der Waals surface area contributed by atoms with Crippen LogP contribution in [-0.4, -0.2) is 33.9 Å². The summed E-state index contributed by atoms with van der Waals surface area (Å²) in [7, 11) is 0. The summed E-state index contributed by atoms with van der Waals surface area (Å²) in [6.07, 6.45) is 6.46. The van der Waals surface area contributed by atoms with E-state index in [2.05, 4.69) is 22.1 Å². The minimum absolute atomic E-state index is 0.0244. The molecule has 5 nitrogen and oxygen atoms in total. The molecule has 5 rings (SSSR count). The number of benzene rings is 2. The van der Waals surface area contributed by atoms with Gasteiger partial charge in [-0.3, -0.25) is 9.78 Å². The maximum Gasteiger partial charge on any atom is 0.253 e. The Morgan fingerprint density at radius 2 is 1.85 bits per heavy atom. The zero-order valence-electron chi connectivity index (χ0n) is 18.9. The molecule has 0 radical (unpaired) electrons. The first-order chi connectivity index (χ1) is 16.6. The molecule has 1 aliphatic rings. The Bertz CT molecular complexity index is 1270. The van der Waals surface area contributed by atoms with E-state index in [1.807, 2.05) is 29.2 Å². The van der Waals surface area contributed by atoms with Gasteiger partial charge in [-0.1, -0.05) is 42.5 Å². The Labute approximate surface area is 198 Å². The van der Waals surface area contributed by atoms with Crippen LogP contribution in [0.15, 0.2) is 83.5 Å². The highest BCUT2D eigenvalue weighted by molar-refractivity contribution is 5.94. The van der Waals surface area contributed by atoms with Gasteiger partial charge in [0.05, 0.1) is 12.1 Å². The number of rotatable bonds is 6. The molecular weight excluding hydrogens is 429 g/mol. The molecule has 0 N–H and O–H groups in total. The highest BCUT2D eigenvalue weighted by Gasteiger charge is 2.28. The second kappa shape index (κ2) is 10.00. The maximum atomic E-state index is 13.5. The Hall–Kier alpha value is -3.80. The quantitative estimate of drug-likeness (QED) is 0.390. The van der Waals surface area contributed by atoms with E-state index in [1.54, 1.807) is 30.6 Å². The van der Waals surface area contributed by atoms with E-state index >= 15 is 0 Å². The number of halogens is 1. The van der Waals surface area contributed by atoms with Crippen LogP contribution in [0.5, 0.6) is 0 Å². The predicted molar refractivity (Wildman–Crippen MR) is 127 cm³/mol. The second-order valence-electron chi connectivity index (χ2n) is 8.76.